The number of aliphatic carboxylic acids is 1. The predicted octanol–water partition coefficient (Wildman–Crippen LogP) is 7.79. The minimum Gasteiger partial charge on any atom is -0.487 e. The van der Waals surface area contributed by atoms with Crippen LogP contribution in [0.25, 0.3) is 22.3 Å². The van der Waals surface area contributed by atoms with Gasteiger partial charge in [-0.3, -0.25) is 4.79 Å². The molecule has 43 heavy (non-hydrogen) atoms. The standard InChI is InChI=1S/C32H27F4N3O4/c1-31(2)15-32(3,20-6-4-5-16(28(20)43-31)7-10-23(40)41)22-14-38-30(39-22)19-13-17(8-9-21(19)33)42-29-24(34)18-11-12-37-27(18)25(35)26(29)36/h4-6,8-9,11-14,37H,7,10,15H2,1-3H3,(H,38,39)(H,40,41)/t32-/m0/s1. The third-order valence-corrected chi connectivity index (χ3v) is 7.81. The summed E-state index contributed by atoms with van der Waals surface area (Å²) >= 11 is 0. The largest absolute Gasteiger partial charge is 0.487 e. The van der Waals surface area contributed by atoms with Crippen LogP contribution >= 0.6 is 0 Å². The molecular formula is C32H27F4N3O4. The number of carbonyl (C=O) groups is 1. The molecule has 0 saturated carbocycles. The normalized spacial score (nSPS) is 17.5. The van der Waals surface area contributed by atoms with E-state index in [1.807, 2.05) is 39.0 Å². The van der Waals surface area contributed by atoms with Gasteiger partial charge in [-0.2, -0.15) is 4.39 Å². The topological polar surface area (TPSA) is 100 Å². The Balaban J connectivity index is 1.37. The lowest BCUT2D eigenvalue weighted by atomic mass is 9.69. The number of nitrogens with one attached hydrogen (secondary N) is 2. The van der Waals surface area contributed by atoms with Crippen molar-refractivity contribution in [3.63, 3.8) is 0 Å². The van der Waals surface area contributed by atoms with Crippen LogP contribution in [0.15, 0.2) is 54.9 Å². The third kappa shape index (κ3) is 4.88. The second-order valence-corrected chi connectivity index (χ2v) is 11.5. The third-order valence-electron chi connectivity index (χ3n) is 7.81. The molecule has 2 aromatic heterocycles. The van der Waals surface area contributed by atoms with Crippen LogP contribution in [0.5, 0.6) is 17.2 Å². The Kier molecular flexibility index (Phi) is 6.71. The molecule has 0 unspecified atom stereocenters. The van der Waals surface area contributed by atoms with Gasteiger partial charge in [-0.15, -0.1) is 0 Å². The van der Waals surface area contributed by atoms with Crippen LogP contribution in [-0.2, 0) is 16.6 Å². The molecule has 0 bridgehead atoms. The number of fused-ring (bicyclic) bond motifs is 2. The van der Waals surface area contributed by atoms with Crippen LogP contribution in [0.2, 0.25) is 0 Å². The van der Waals surface area contributed by atoms with Gasteiger partial charge in [-0.05, 0) is 57.0 Å². The number of benzene rings is 3. The number of H-pyrrole nitrogens is 2. The Hall–Kier alpha value is -4.80. The van der Waals surface area contributed by atoms with E-state index >= 15 is 4.39 Å². The van der Waals surface area contributed by atoms with E-state index in [2.05, 4.69) is 9.97 Å². The van der Waals surface area contributed by atoms with Gasteiger partial charge in [0.2, 0.25) is 11.6 Å². The van der Waals surface area contributed by atoms with Crippen molar-refractivity contribution in [2.24, 2.45) is 0 Å². The van der Waals surface area contributed by atoms with Crippen molar-refractivity contribution in [2.45, 2.75) is 51.0 Å². The fourth-order valence-electron chi connectivity index (χ4n) is 5.93. The van der Waals surface area contributed by atoms with Gasteiger partial charge >= 0.3 is 5.97 Å². The molecule has 1 aliphatic rings. The number of hydrogen-bond acceptors (Lipinski definition) is 4. The van der Waals surface area contributed by atoms with Gasteiger partial charge in [0.1, 0.15) is 28.7 Å². The SMILES string of the molecule is CC1(C)C[C@](C)(c2c[nH]c(-c3cc(Oc4c(F)c(F)c5[nH]ccc5c4F)ccc3F)n2)c2cccc(CCC(=O)O)c2O1. The monoisotopic (exact) mass is 593 g/mol. The van der Waals surface area contributed by atoms with Crippen LogP contribution in [0, 0.1) is 23.3 Å². The van der Waals surface area contributed by atoms with E-state index in [9.17, 15) is 23.1 Å². The van der Waals surface area contributed by atoms with Crippen molar-refractivity contribution in [1.82, 2.24) is 15.0 Å². The number of halogens is 4. The molecule has 3 heterocycles. The smallest absolute Gasteiger partial charge is 0.303 e. The number of carboxylic acid groups (broad SMARTS) is 1. The zero-order valence-corrected chi connectivity index (χ0v) is 23.4. The van der Waals surface area contributed by atoms with Gasteiger partial charge in [-0.1, -0.05) is 18.2 Å². The number of imidazole rings is 1. The molecule has 3 aromatic carbocycles. The molecule has 1 atom stereocenters. The molecule has 5 aromatic rings. The quantitative estimate of drug-likeness (QED) is 0.132. The second kappa shape index (κ2) is 10.2. The van der Waals surface area contributed by atoms with Crippen LogP contribution in [0.1, 0.15) is 50.4 Å². The van der Waals surface area contributed by atoms with Crippen LogP contribution in [0.3, 0.4) is 0 Å². The first kappa shape index (κ1) is 28.3. The molecule has 0 fully saturated rings. The number of carboxylic acids is 1. The van der Waals surface area contributed by atoms with E-state index in [0.717, 1.165) is 17.2 Å². The van der Waals surface area contributed by atoms with Crippen molar-refractivity contribution in [3.05, 3.63) is 94.9 Å². The highest BCUT2D eigenvalue weighted by Gasteiger charge is 2.45. The Morgan fingerprint density at radius 3 is 2.60 bits per heavy atom. The first-order valence-corrected chi connectivity index (χ1v) is 13.6. The average molecular weight is 594 g/mol. The van der Waals surface area contributed by atoms with Gasteiger partial charge in [0.05, 0.1) is 16.8 Å². The lowest BCUT2D eigenvalue weighted by molar-refractivity contribution is -0.136. The first-order valence-electron chi connectivity index (χ1n) is 13.6. The zero-order chi connectivity index (χ0) is 30.7. The number of rotatable bonds is 7. The van der Waals surface area contributed by atoms with Gasteiger partial charge < -0.3 is 24.5 Å². The predicted molar refractivity (Wildman–Crippen MR) is 150 cm³/mol. The molecule has 0 amide bonds. The van der Waals surface area contributed by atoms with Gasteiger partial charge in [0.15, 0.2) is 11.6 Å². The number of aromatic amines is 2. The number of nitrogens with zero attached hydrogens (tertiary/aromatic N) is 1. The fraction of sp³-hybridized carbons (Fsp3) is 0.250. The molecule has 6 rings (SSSR count). The van der Waals surface area contributed by atoms with Gasteiger partial charge in [-0.25, -0.2) is 18.2 Å². The molecule has 0 aliphatic carbocycles. The van der Waals surface area contributed by atoms with E-state index in [4.69, 9.17) is 14.5 Å². The van der Waals surface area contributed by atoms with Crippen LogP contribution < -0.4 is 9.47 Å². The number of aromatic nitrogens is 3. The summed E-state index contributed by atoms with van der Waals surface area (Å²) in [7, 11) is 0. The molecule has 222 valence electrons. The van der Waals surface area contributed by atoms with E-state index < -0.39 is 46.0 Å². The molecule has 7 nitrogen and oxygen atoms in total. The lowest BCUT2D eigenvalue weighted by Crippen LogP contribution is -2.44. The first-order chi connectivity index (χ1) is 20.4. The maximum absolute atomic E-state index is 15.1. The molecule has 0 saturated heterocycles. The molecule has 3 N–H and O–H groups in total. The van der Waals surface area contributed by atoms with E-state index in [-0.39, 0.29) is 40.9 Å². The average Bonchev–Trinajstić information content (AvgIpc) is 3.65. The van der Waals surface area contributed by atoms with Crippen molar-refractivity contribution >= 4 is 16.9 Å². The summed E-state index contributed by atoms with van der Waals surface area (Å²) in [5.74, 6) is -5.84. The van der Waals surface area contributed by atoms with Crippen molar-refractivity contribution in [1.29, 1.82) is 0 Å². The Bertz CT molecular complexity index is 1900. The minimum absolute atomic E-state index is 0.0295. The summed E-state index contributed by atoms with van der Waals surface area (Å²) in [4.78, 5) is 21.4. The summed E-state index contributed by atoms with van der Waals surface area (Å²) in [6.07, 6.45) is 3.68. The van der Waals surface area contributed by atoms with E-state index in [1.165, 1.54) is 24.4 Å². The summed E-state index contributed by atoms with van der Waals surface area (Å²) in [6.45, 7) is 5.86. The molecular weight excluding hydrogens is 566 g/mol. The van der Waals surface area contributed by atoms with E-state index in [0.29, 0.717) is 17.9 Å². The van der Waals surface area contributed by atoms with Gasteiger partial charge in [0.25, 0.3) is 0 Å². The summed E-state index contributed by atoms with van der Waals surface area (Å²) in [5.41, 5.74) is 0.467. The lowest BCUT2D eigenvalue weighted by Gasteiger charge is -2.44. The van der Waals surface area contributed by atoms with Crippen LogP contribution in [0.4, 0.5) is 17.6 Å². The Morgan fingerprint density at radius 1 is 1.05 bits per heavy atom. The molecule has 1 aliphatic heterocycles. The summed E-state index contributed by atoms with van der Waals surface area (Å²) < 4.78 is 71.1. The van der Waals surface area contributed by atoms with Crippen molar-refractivity contribution in [2.75, 3.05) is 0 Å². The number of para-hydroxylation sites is 1. The second-order valence-electron chi connectivity index (χ2n) is 11.5. The highest BCUT2D eigenvalue weighted by atomic mass is 19.2. The maximum atomic E-state index is 15.1. The molecule has 0 radical (unpaired) electrons. The summed E-state index contributed by atoms with van der Waals surface area (Å²) in [5, 5.41) is 9.03. The van der Waals surface area contributed by atoms with E-state index in [1.54, 1.807) is 6.20 Å². The number of hydrogen-bond donors (Lipinski definition) is 3. The highest BCUT2D eigenvalue weighted by Crippen LogP contribution is 2.50. The summed E-state index contributed by atoms with van der Waals surface area (Å²) in [6, 6.07) is 10.3. The Morgan fingerprint density at radius 2 is 1.84 bits per heavy atom. The Labute approximate surface area is 243 Å². The number of ether oxygens (including phenoxy) is 2. The fourth-order valence-corrected chi connectivity index (χ4v) is 5.93. The number of aryl methyl sites for hydroxylation is 1. The highest BCUT2D eigenvalue weighted by molar-refractivity contribution is 5.82. The minimum atomic E-state index is -1.52. The zero-order valence-electron chi connectivity index (χ0n) is 23.4. The molecule has 0 spiro atoms. The van der Waals surface area contributed by atoms with Crippen molar-refractivity contribution < 1.29 is 36.9 Å². The maximum Gasteiger partial charge on any atom is 0.303 e. The molecule has 11 heteroatoms. The van der Waals surface area contributed by atoms with Crippen molar-refractivity contribution in [3.8, 4) is 28.6 Å². The van der Waals surface area contributed by atoms with Gasteiger partial charge in [0, 0.05) is 41.6 Å². The van der Waals surface area contributed by atoms with Crippen LogP contribution in [-0.4, -0.2) is 31.6 Å².